The first kappa shape index (κ1) is 12.3. The van der Waals surface area contributed by atoms with Crippen molar-refractivity contribution in [3.8, 4) is 5.75 Å². The molecular formula is C11H16ClNO2. The van der Waals surface area contributed by atoms with Gasteiger partial charge in [0.1, 0.15) is 5.75 Å². The Bertz CT molecular complexity index is 297. The van der Waals surface area contributed by atoms with Crippen LogP contribution in [0.4, 0.5) is 0 Å². The molecule has 0 saturated heterocycles. The Labute approximate surface area is 94.7 Å². The number of aliphatic hydroxyl groups excluding tert-OH is 1. The highest BCUT2D eigenvalue weighted by atomic mass is 35.5. The minimum absolute atomic E-state index is 0.181. The van der Waals surface area contributed by atoms with E-state index >= 15 is 0 Å². The zero-order chi connectivity index (χ0) is 11.3. The molecule has 0 aliphatic carbocycles. The van der Waals surface area contributed by atoms with Crippen LogP contribution in [0.3, 0.4) is 0 Å². The van der Waals surface area contributed by atoms with Crippen molar-refractivity contribution in [2.24, 2.45) is 0 Å². The summed E-state index contributed by atoms with van der Waals surface area (Å²) in [6.45, 7) is 2.88. The maximum absolute atomic E-state index is 9.53. The molecule has 3 N–H and O–H groups in total. The highest BCUT2D eigenvalue weighted by molar-refractivity contribution is 6.31. The number of rotatable bonds is 5. The molecule has 3 nitrogen and oxygen atoms in total. The van der Waals surface area contributed by atoms with Crippen LogP contribution < -0.4 is 5.32 Å². The molecule has 0 spiro atoms. The van der Waals surface area contributed by atoms with Gasteiger partial charge in [0.25, 0.3) is 0 Å². The number of halogens is 1. The number of phenolic OH excluding ortho intramolecular Hbond substituents is 1. The van der Waals surface area contributed by atoms with E-state index in [1.54, 1.807) is 18.2 Å². The third kappa shape index (κ3) is 3.70. The number of phenols is 1. The zero-order valence-corrected chi connectivity index (χ0v) is 9.46. The summed E-state index contributed by atoms with van der Waals surface area (Å²) in [5, 5.41) is 22.4. The molecule has 1 aromatic rings. The quantitative estimate of drug-likeness (QED) is 0.723. The fraction of sp³-hybridized carbons (Fsp3) is 0.455. The van der Waals surface area contributed by atoms with Crippen LogP contribution in [0.2, 0.25) is 5.02 Å². The van der Waals surface area contributed by atoms with Gasteiger partial charge in [0.2, 0.25) is 0 Å². The third-order valence-electron chi connectivity index (χ3n) is 2.25. The van der Waals surface area contributed by atoms with Gasteiger partial charge in [-0.05, 0) is 18.6 Å². The lowest BCUT2D eigenvalue weighted by molar-refractivity contribution is 0.167. The van der Waals surface area contributed by atoms with Crippen molar-refractivity contribution in [2.45, 2.75) is 26.0 Å². The van der Waals surface area contributed by atoms with Crippen LogP contribution in [-0.4, -0.2) is 22.9 Å². The standard InChI is InChI=1S/C11H16ClNO2/c1-2-8(14)6-13-7-9-10(12)4-3-5-11(9)15/h3-5,8,13-15H,2,6-7H2,1H3. The molecule has 0 aliphatic heterocycles. The van der Waals surface area contributed by atoms with Crippen LogP contribution in [-0.2, 0) is 6.54 Å². The lowest BCUT2D eigenvalue weighted by Crippen LogP contribution is -2.25. The van der Waals surface area contributed by atoms with Gasteiger partial charge in [0.15, 0.2) is 0 Å². The molecule has 15 heavy (non-hydrogen) atoms. The van der Waals surface area contributed by atoms with Crippen LogP contribution in [0.1, 0.15) is 18.9 Å². The van der Waals surface area contributed by atoms with E-state index in [1.165, 1.54) is 0 Å². The number of nitrogens with one attached hydrogen (secondary N) is 1. The molecule has 1 unspecified atom stereocenters. The van der Waals surface area contributed by atoms with E-state index in [9.17, 15) is 10.2 Å². The van der Waals surface area contributed by atoms with E-state index in [0.29, 0.717) is 30.1 Å². The van der Waals surface area contributed by atoms with Crippen molar-refractivity contribution in [3.05, 3.63) is 28.8 Å². The Morgan fingerprint density at radius 2 is 2.20 bits per heavy atom. The van der Waals surface area contributed by atoms with E-state index in [0.717, 1.165) is 0 Å². The Hall–Kier alpha value is -0.770. The summed E-state index contributed by atoms with van der Waals surface area (Å²) in [6, 6.07) is 5.02. The lowest BCUT2D eigenvalue weighted by atomic mass is 10.2. The molecule has 0 amide bonds. The van der Waals surface area contributed by atoms with Gasteiger partial charge in [-0.2, -0.15) is 0 Å². The monoisotopic (exact) mass is 229 g/mol. The normalized spacial score (nSPS) is 12.7. The number of benzene rings is 1. The zero-order valence-electron chi connectivity index (χ0n) is 8.70. The molecule has 0 aliphatic rings. The average molecular weight is 230 g/mol. The smallest absolute Gasteiger partial charge is 0.121 e. The Morgan fingerprint density at radius 3 is 2.80 bits per heavy atom. The minimum atomic E-state index is -0.352. The van der Waals surface area contributed by atoms with Crippen LogP contribution in [0.15, 0.2) is 18.2 Å². The van der Waals surface area contributed by atoms with E-state index in [-0.39, 0.29) is 11.9 Å². The van der Waals surface area contributed by atoms with Crippen LogP contribution in [0, 0.1) is 0 Å². The summed E-state index contributed by atoms with van der Waals surface area (Å²) in [6.07, 6.45) is 0.358. The van der Waals surface area contributed by atoms with Crippen molar-refractivity contribution in [1.82, 2.24) is 5.32 Å². The lowest BCUT2D eigenvalue weighted by Gasteiger charge is -2.11. The Morgan fingerprint density at radius 1 is 1.47 bits per heavy atom. The van der Waals surface area contributed by atoms with Crippen molar-refractivity contribution >= 4 is 11.6 Å². The van der Waals surface area contributed by atoms with Crippen LogP contribution in [0.25, 0.3) is 0 Å². The van der Waals surface area contributed by atoms with E-state index in [2.05, 4.69) is 5.32 Å². The molecule has 1 atom stereocenters. The van der Waals surface area contributed by atoms with Gasteiger partial charge in [0.05, 0.1) is 6.10 Å². The molecule has 84 valence electrons. The average Bonchev–Trinajstić information content (AvgIpc) is 2.22. The molecular weight excluding hydrogens is 214 g/mol. The Balaban J connectivity index is 2.50. The fourth-order valence-electron chi connectivity index (χ4n) is 1.23. The van der Waals surface area contributed by atoms with Gasteiger partial charge in [-0.3, -0.25) is 0 Å². The number of hydrogen-bond donors (Lipinski definition) is 3. The molecule has 0 saturated carbocycles. The van der Waals surface area contributed by atoms with Crippen LogP contribution >= 0.6 is 11.6 Å². The molecule has 1 rings (SSSR count). The molecule has 0 heterocycles. The van der Waals surface area contributed by atoms with Gasteiger partial charge in [-0.1, -0.05) is 24.6 Å². The second kappa shape index (κ2) is 5.95. The topological polar surface area (TPSA) is 52.5 Å². The van der Waals surface area contributed by atoms with E-state index < -0.39 is 0 Å². The molecule has 0 aromatic heterocycles. The van der Waals surface area contributed by atoms with E-state index in [4.69, 9.17) is 11.6 Å². The molecule has 1 aromatic carbocycles. The first-order valence-corrected chi connectivity index (χ1v) is 5.38. The summed E-state index contributed by atoms with van der Waals surface area (Å²) < 4.78 is 0. The maximum Gasteiger partial charge on any atom is 0.121 e. The number of aromatic hydroxyl groups is 1. The second-order valence-electron chi connectivity index (χ2n) is 3.43. The largest absolute Gasteiger partial charge is 0.508 e. The van der Waals surface area contributed by atoms with Gasteiger partial charge >= 0.3 is 0 Å². The summed E-state index contributed by atoms with van der Waals surface area (Å²) in [5.74, 6) is 0.181. The summed E-state index contributed by atoms with van der Waals surface area (Å²) in [4.78, 5) is 0. The number of aliphatic hydroxyl groups is 1. The van der Waals surface area contributed by atoms with Crippen molar-refractivity contribution in [3.63, 3.8) is 0 Å². The predicted octanol–water partition coefficient (Wildman–Crippen LogP) is 1.91. The Kier molecular flexibility index (Phi) is 4.88. The minimum Gasteiger partial charge on any atom is -0.508 e. The SMILES string of the molecule is CCC(O)CNCc1c(O)cccc1Cl. The number of hydrogen-bond acceptors (Lipinski definition) is 3. The van der Waals surface area contributed by atoms with Crippen molar-refractivity contribution < 1.29 is 10.2 Å². The highest BCUT2D eigenvalue weighted by Gasteiger charge is 2.06. The first-order chi connectivity index (χ1) is 7.15. The van der Waals surface area contributed by atoms with Crippen molar-refractivity contribution in [1.29, 1.82) is 0 Å². The van der Waals surface area contributed by atoms with Gasteiger partial charge in [-0.15, -0.1) is 0 Å². The highest BCUT2D eigenvalue weighted by Crippen LogP contribution is 2.24. The third-order valence-corrected chi connectivity index (χ3v) is 2.60. The summed E-state index contributed by atoms with van der Waals surface area (Å²) >= 11 is 5.92. The first-order valence-electron chi connectivity index (χ1n) is 5.00. The van der Waals surface area contributed by atoms with Crippen molar-refractivity contribution in [2.75, 3.05) is 6.54 Å². The van der Waals surface area contributed by atoms with Gasteiger partial charge < -0.3 is 15.5 Å². The van der Waals surface area contributed by atoms with E-state index in [1.807, 2.05) is 6.92 Å². The fourth-order valence-corrected chi connectivity index (χ4v) is 1.47. The van der Waals surface area contributed by atoms with Crippen LogP contribution in [0.5, 0.6) is 5.75 Å². The van der Waals surface area contributed by atoms with Gasteiger partial charge in [0, 0.05) is 23.7 Å². The predicted molar refractivity (Wildman–Crippen MR) is 61.1 cm³/mol. The second-order valence-corrected chi connectivity index (χ2v) is 3.84. The molecule has 0 fully saturated rings. The summed E-state index contributed by atoms with van der Waals surface area (Å²) in [5.41, 5.74) is 0.669. The molecule has 4 heteroatoms. The summed E-state index contributed by atoms with van der Waals surface area (Å²) in [7, 11) is 0. The van der Waals surface area contributed by atoms with Gasteiger partial charge in [-0.25, -0.2) is 0 Å². The molecule has 0 bridgehead atoms. The maximum atomic E-state index is 9.53. The molecule has 0 radical (unpaired) electrons.